The van der Waals surface area contributed by atoms with Crippen molar-refractivity contribution in [3.8, 4) is 0 Å². The van der Waals surface area contributed by atoms with E-state index >= 15 is 0 Å². The lowest BCUT2D eigenvalue weighted by atomic mass is 10.0. The van der Waals surface area contributed by atoms with Gasteiger partial charge in [-0.05, 0) is 69.8 Å². The molecule has 0 saturated heterocycles. The molecule has 3 aromatic rings. The van der Waals surface area contributed by atoms with Crippen molar-refractivity contribution in [2.75, 3.05) is 6.54 Å². The molecule has 1 atom stereocenters. The fraction of sp³-hybridized carbons (Fsp3) is 0.294. The molecule has 0 fully saturated rings. The Bertz CT molecular complexity index is 746. The zero-order chi connectivity index (χ0) is 14.8. The van der Waals surface area contributed by atoms with Gasteiger partial charge in [-0.25, -0.2) is 0 Å². The monoisotopic (exact) mass is 363 g/mol. The normalized spacial score (nSPS) is 12.9. The third-order valence-corrected chi connectivity index (χ3v) is 5.63. The van der Waals surface area contributed by atoms with Gasteiger partial charge in [0, 0.05) is 9.17 Å². The van der Waals surface area contributed by atoms with Crippen LogP contribution in [0.5, 0.6) is 0 Å². The van der Waals surface area contributed by atoms with Crippen molar-refractivity contribution in [2.24, 2.45) is 0 Å². The summed E-state index contributed by atoms with van der Waals surface area (Å²) in [5.41, 5.74) is 2.49. The summed E-state index contributed by atoms with van der Waals surface area (Å²) in [6, 6.07) is 8.51. The number of fused-ring (bicyclic) bond motifs is 1. The number of hydrogen-bond donors (Lipinski definition) is 1. The average Bonchev–Trinajstić information content (AvgIpc) is 3.08. The highest BCUT2D eigenvalue weighted by Gasteiger charge is 2.22. The Morgan fingerprint density at radius 2 is 2.19 bits per heavy atom. The lowest BCUT2D eigenvalue weighted by Gasteiger charge is -2.17. The Kier molecular flexibility index (Phi) is 4.48. The van der Waals surface area contributed by atoms with Crippen LogP contribution in [0.15, 0.2) is 44.8 Å². The van der Waals surface area contributed by atoms with Gasteiger partial charge in [0.1, 0.15) is 5.76 Å². The van der Waals surface area contributed by atoms with Crippen molar-refractivity contribution in [1.82, 2.24) is 5.32 Å². The fourth-order valence-electron chi connectivity index (χ4n) is 2.58. The molecule has 0 bridgehead atoms. The molecule has 21 heavy (non-hydrogen) atoms. The molecular weight excluding hydrogens is 346 g/mol. The Morgan fingerprint density at radius 3 is 2.90 bits per heavy atom. The zero-order valence-corrected chi connectivity index (χ0v) is 14.6. The summed E-state index contributed by atoms with van der Waals surface area (Å²) in [5.74, 6) is 1.02. The number of hydrogen-bond acceptors (Lipinski definition) is 3. The number of aryl methyl sites for hydroxylation is 1. The number of benzene rings is 1. The van der Waals surface area contributed by atoms with E-state index in [1.807, 2.05) is 6.07 Å². The van der Waals surface area contributed by atoms with E-state index in [2.05, 4.69) is 58.7 Å². The van der Waals surface area contributed by atoms with Crippen molar-refractivity contribution < 1.29 is 4.42 Å². The van der Waals surface area contributed by atoms with E-state index in [0.717, 1.165) is 23.2 Å². The van der Waals surface area contributed by atoms with Gasteiger partial charge in [0.25, 0.3) is 0 Å². The van der Waals surface area contributed by atoms with Crippen LogP contribution in [0.25, 0.3) is 10.1 Å². The second-order valence-electron chi connectivity index (χ2n) is 5.16. The molecule has 0 saturated carbocycles. The van der Waals surface area contributed by atoms with Crippen LogP contribution in [-0.4, -0.2) is 6.54 Å². The summed E-state index contributed by atoms with van der Waals surface area (Å²) in [4.78, 5) is 0. The minimum Gasteiger partial charge on any atom is -0.467 e. The van der Waals surface area contributed by atoms with Crippen molar-refractivity contribution in [1.29, 1.82) is 0 Å². The Balaban J connectivity index is 2.10. The van der Waals surface area contributed by atoms with Gasteiger partial charge in [0.2, 0.25) is 0 Å². The van der Waals surface area contributed by atoms with E-state index in [-0.39, 0.29) is 6.04 Å². The van der Waals surface area contributed by atoms with Gasteiger partial charge >= 0.3 is 0 Å². The van der Waals surface area contributed by atoms with Gasteiger partial charge in [-0.15, -0.1) is 11.3 Å². The smallest absolute Gasteiger partial charge is 0.128 e. The summed E-state index contributed by atoms with van der Waals surface area (Å²) in [7, 11) is 0. The first-order valence-corrected chi connectivity index (χ1v) is 8.82. The highest BCUT2D eigenvalue weighted by atomic mass is 79.9. The SMILES string of the molecule is CCCNC(c1occc1C)c1csc2c(Br)cccc12. The summed E-state index contributed by atoms with van der Waals surface area (Å²) >= 11 is 5.42. The maximum atomic E-state index is 5.76. The predicted octanol–water partition coefficient (Wildman–Crippen LogP) is 5.65. The largest absolute Gasteiger partial charge is 0.467 e. The maximum Gasteiger partial charge on any atom is 0.128 e. The number of furan rings is 1. The molecule has 0 radical (unpaired) electrons. The Labute approximate surface area is 137 Å². The van der Waals surface area contributed by atoms with E-state index in [4.69, 9.17) is 4.42 Å². The van der Waals surface area contributed by atoms with Gasteiger partial charge in [0.05, 0.1) is 12.3 Å². The predicted molar refractivity (Wildman–Crippen MR) is 93.1 cm³/mol. The van der Waals surface area contributed by atoms with Crippen LogP contribution in [-0.2, 0) is 0 Å². The lowest BCUT2D eigenvalue weighted by Crippen LogP contribution is -2.23. The molecule has 0 spiro atoms. The van der Waals surface area contributed by atoms with Crippen LogP contribution in [0.1, 0.15) is 36.3 Å². The molecule has 1 N–H and O–H groups in total. The van der Waals surface area contributed by atoms with Crippen LogP contribution in [0.4, 0.5) is 0 Å². The Hall–Kier alpha value is -1.10. The second kappa shape index (κ2) is 6.34. The highest BCUT2D eigenvalue weighted by Crippen LogP contribution is 2.38. The molecule has 0 aliphatic heterocycles. The van der Waals surface area contributed by atoms with Crippen molar-refractivity contribution in [3.63, 3.8) is 0 Å². The quantitative estimate of drug-likeness (QED) is 0.632. The topological polar surface area (TPSA) is 25.2 Å². The maximum absolute atomic E-state index is 5.76. The number of halogens is 1. The summed E-state index contributed by atoms with van der Waals surface area (Å²) in [5, 5.41) is 7.16. The molecule has 0 aliphatic rings. The van der Waals surface area contributed by atoms with E-state index in [9.17, 15) is 0 Å². The molecule has 0 aliphatic carbocycles. The fourth-order valence-corrected chi connectivity index (χ4v) is 4.23. The summed E-state index contributed by atoms with van der Waals surface area (Å²) < 4.78 is 8.20. The molecule has 2 nitrogen and oxygen atoms in total. The Morgan fingerprint density at radius 1 is 1.33 bits per heavy atom. The molecule has 2 heterocycles. The van der Waals surface area contributed by atoms with E-state index in [0.29, 0.717) is 0 Å². The molecule has 3 rings (SSSR count). The van der Waals surface area contributed by atoms with Gasteiger partial charge in [-0.3, -0.25) is 0 Å². The van der Waals surface area contributed by atoms with E-state index in [1.165, 1.54) is 21.2 Å². The molecule has 2 aromatic heterocycles. The van der Waals surface area contributed by atoms with Crippen LogP contribution < -0.4 is 5.32 Å². The van der Waals surface area contributed by atoms with Gasteiger partial charge in [-0.2, -0.15) is 0 Å². The highest BCUT2D eigenvalue weighted by molar-refractivity contribution is 9.10. The first-order valence-electron chi connectivity index (χ1n) is 7.15. The minimum atomic E-state index is 0.114. The number of nitrogens with one attached hydrogen (secondary N) is 1. The zero-order valence-electron chi connectivity index (χ0n) is 12.2. The van der Waals surface area contributed by atoms with Crippen LogP contribution in [0.2, 0.25) is 0 Å². The van der Waals surface area contributed by atoms with Crippen LogP contribution in [0, 0.1) is 6.92 Å². The number of thiophene rings is 1. The summed E-state index contributed by atoms with van der Waals surface area (Å²) in [6.45, 7) is 5.25. The lowest BCUT2D eigenvalue weighted by molar-refractivity contribution is 0.445. The molecular formula is C17H18BrNOS. The van der Waals surface area contributed by atoms with Crippen LogP contribution in [0.3, 0.4) is 0 Å². The third kappa shape index (κ3) is 2.80. The van der Waals surface area contributed by atoms with Gasteiger partial charge in [-0.1, -0.05) is 19.1 Å². The molecule has 110 valence electrons. The van der Waals surface area contributed by atoms with Crippen molar-refractivity contribution >= 4 is 37.4 Å². The number of rotatable bonds is 5. The van der Waals surface area contributed by atoms with Gasteiger partial charge in [0.15, 0.2) is 0 Å². The van der Waals surface area contributed by atoms with E-state index < -0.39 is 0 Å². The molecule has 1 unspecified atom stereocenters. The standard InChI is InChI=1S/C17H18BrNOS/c1-3-8-19-15(16-11(2)7-9-20-16)13-10-21-17-12(13)5-4-6-14(17)18/h4-7,9-10,15,19H,3,8H2,1-2H3. The molecule has 1 aromatic carbocycles. The van der Waals surface area contributed by atoms with E-state index in [1.54, 1.807) is 17.6 Å². The third-order valence-electron chi connectivity index (χ3n) is 3.66. The second-order valence-corrected chi connectivity index (χ2v) is 6.90. The molecule has 4 heteroatoms. The minimum absolute atomic E-state index is 0.114. The average molecular weight is 364 g/mol. The van der Waals surface area contributed by atoms with Crippen molar-refractivity contribution in [3.05, 3.63) is 57.3 Å². The first kappa shape index (κ1) is 14.8. The molecule has 0 amide bonds. The van der Waals surface area contributed by atoms with Gasteiger partial charge < -0.3 is 9.73 Å². The van der Waals surface area contributed by atoms with Crippen LogP contribution >= 0.6 is 27.3 Å². The first-order chi connectivity index (χ1) is 10.2. The van der Waals surface area contributed by atoms with Crippen molar-refractivity contribution in [2.45, 2.75) is 26.3 Å². The summed E-state index contributed by atoms with van der Waals surface area (Å²) in [6.07, 6.45) is 2.87.